The number of hydrogen-bond acceptors (Lipinski definition) is 28. The minimum Gasteiger partial charge on any atom is -0.506 e. The molecule has 6 atom stereocenters. The van der Waals surface area contributed by atoms with Gasteiger partial charge in [-0.15, -0.1) is 56.7 Å². The molecule has 0 unspecified atom stereocenters. The molecular formula is C51H41N13O17S5. The van der Waals surface area contributed by atoms with Gasteiger partial charge in [0, 0.05) is 43.4 Å². The van der Waals surface area contributed by atoms with Gasteiger partial charge in [-0.05, 0) is 31.5 Å². The Hall–Kier alpha value is -9.49. The number of esters is 2. The van der Waals surface area contributed by atoms with E-state index in [9.17, 15) is 63.7 Å². The predicted octanol–water partition coefficient (Wildman–Crippen LogP) is 2.06. The minimum absolute atomic E-state index is 0.00735. The number of hydrogen-bond donors (Lipinski definition) is 10. The first-order valence-electron chi connectivity index (χ1n) is 25.0. The molecule has 0 fully saturated rings. The number of aliphatic hydroxyl groups excluding tert-OH is 2. The number of rotatable bonds is 4. The molecule has 86 heavy (non-hydrogen) atoms. The van der Waals surface area contributed by atoms with Crippen LogP contribution in [0.3, 0.4) is 0 Å². The molecule has 11 N–H and O–H groups in total. The summed E-state index contributed by atoms with van der Waals surface area (Å²) in [6, 6.07) is 1.07. The van der Waals surface area contributed by atoms with Gasteiger partial charge >= 0.3 is 23.8 Å². The highest BCUT2D eigenvalue weighted by molar-refractivity contribution is 7.14. The normalized spacial score (nSPS) is 20.2. The smallest absolute Gasteiger partial charge is 0.358 e. The molecular weight excluding hydrogens is 1230 g/mol. The number of imide groups is 1. The minimum atomic E-state index is -2.21. The molecule has 35 heteroatoms. The van der Waals surface area contributed by atoms with Crippen molar-refractivity contribution in [3.05, 3.63) is 112 Å². The fourth-order valence-corrected chi connectivity index (χ4v) is 13.2. The third kappa shape index (κ3) is 11.1. The maximum absolute atomic E-state index is 14.6. The number of nitrogens with two attached hydrogens (primary N) is 1. The second kappa shape index (κ2) is 23.5. The number of nitrogens with one attached hydrogen (secondary N) is 5. The molecule has 442 valence electrons. The van der Waals surface area contributed by atoms with Gasteiger partial charge in [0.2, 0.25) is 5.91 Å². The monoisotopic (exact) mass is 1270 g/mol. The van der Waals surface area contributed by atoms with Crippen molar-refractivity contribution >= 4 is 127 Å². The number of aliphatic hydroxyl groups is 2. The third-order valence-corrected chi connectivity index (χ3v) is 17.8. The number of ether oxygens (including phenoxy) is 4. The molecule has 0 aliphatic carbocycles. The van der Waals surface area contributed by atoms with Crippen LogP contribution in [0.4, 0.5) is 0 Å². The van der Waals surface area contributed by atoms with Crippen molar-refractivity contribution in [3.8, 4) is 38.4 Å². The Morgan fingerprint density at radius 2 is 1.47 bits per heavy atom. The van der Waals surface area contributed by atoms with Gasteiger partial charge in [-0.3, -0.25) is 38.9 Å². The summed E-state index contributed by atoms with van der Waals surface area (Å²) in [5.41, 5.74) is 3.25. The molecule has 0 saturated heterocycles. The number of cyclic esters (lactones) is 2. The zero-order valence-corrected chi connectivity index (χ0v) is 48.2. The van der Waals surface area contributed by atoms with Crippen molar-refractivity contribution in [1.29, 1.82) is 0 Å². The maximum Gasteiger partial charge on any atom is 0.358 e. The standard InChI is InChI=1S/C51H41N13O17S5/c1-16(65)30-43(73)61-31(17(2)78-3)47-56-25(14-84-47)41(71)62-34-37-36(67)51(76)80-8-18-5-4-6-27-29(18)20(9-79-37)35(64(27)77)50(75)81-10-21(53-39(69)23-13-86-49(34)58-23)46-54-22(11-83-46)32-19(45-55-24(12-82-45)40(70)60-30)7-28(66)33(59-32)48-57-26(15-85-48)42(72)63-44(74)38(52)68/h4-7,11-16,21,30,34,36-37,65-67,77H,8-10H2,1-3H3,(H2,52,68)(H,53,69)(H,60,70)(H,61,73)(H,62,71)(H,63,72,74)/b31-17+/t16-,21+,30+,34+,36+,37+/m1/s1. The van der Waals surface area contributed by atoms with Crippen molar-refractivity contribution in [2.24, 2.45) is 5.73 Å². The van der Waals surface area contributed by atoms with Gasteiger partial charge in [0.15, 0.2) is 11.8 Å². The number of aromatic hydroxyl groups is 1. The number of methoxy groups -OCH3 is 1. The lowest BCUT2D eigenvalue weighted by Gasteiger charge is -2.30. The van der Waals surface area contributed by atoms with Crippen LogP contribution in [0.2, 0.25) is 0 Å². The van der Waals surface area contributed by atoms with E-state index < -0.39 is 121 Å². The van der Waals surface area contributed by atoms with E-state index in [1.54, 1.807) is 11.4 Å². The molecule has 0 spiro atoms. The molecule has 7 amide bonds. The lowest BCUT2D eigenvalue weighted by molar-refractivity contribution is -0.166. The second-order valence-corrected chi connectivity index (χ2v) is 23.2. The van der Waals surface area contributed by atoms with Crippen molar-refractivity contribution < 1.29 is 82.6 Å². The number of pyridine rings is 1. The lowest BCUT2D eigenvalue weighted by atomic mass is 10.0. The van der Waals surface area contributed by atoms with E-state index in [0.717, 1.165) is 56.7 Å². The largest absolute Gasteiger partial charge is 0.506 e. The average Bonchev–Trinajstić information content (AvgIpc) is 1.76. The second-order valence-electron chi connectivity index (χ2n) is 18.8. The highest BCUT2D eigenvalue weighted by Crippen LogP contribution is 2.42. The van der Waals surface area contributed by atoms with Crippen LogP contribution in [0.15, 0.2) is 56.9 Å². The number of amides is 7. The van der Waals surface area contributed by atoms with Gasteiger partial charge in [-0.1, -0.05) is 12.1 Å². The quantitative estimate of drug-likeness (QED) is 0.0522. The zero-order chi connectivity index (χ0) is 61.0. The van der Waals surface area contributed by atoms with E-state index in [2.05, 4.69) is 41.2 Å². The van der Waals surface area contributed by atoms with Crippen LogP contribution in [-0.2, 0) is 51.3 Å². The number of allylic oxidation sites excluding steroid dienone is 1. The van der Waals surface area contributed by atoms with Gasteiger partial charge in [0.1, 0.15) is 120 Å². The van der Waals surface area contributed by atoms with E-state index in [4.69, 9.17) is 34.6 Å². The van der Waals surface area contributed by atoms with Crippen molar-refractivity contribution in [1.82, 2.24) is 61.2 Å². The Balaban J connectivity index is 1.09. The van der Waals surface area contributed by atoms with Crippen LogP contribution < -0.4 is 32.3 Å². The first-order valence-corrected chi connectivity index (χ1v) is 29.4. The predicted molar refractivity (Wildman–Crippen MR) is 300 cm³/mol. The average molecular weight is 1270 g/mol. The van der Waals surface area contributed by atoms with E-state index >= 15 is 0 Å². The first kappa shape index (κ1) is 58.3. The highest BCUT2D eigenvalue weighted by atomic mass is 32.1. The molecule has 10 heterocycles. The number of fused-ring (bicyclic) bond motifs is 15. The van der Waals surface area contributed by atoms with E-state index in [-0.39, 0.29) is 104 Å². The number of aromatic nitrogens is 7. The van der Waals surface area contributed by atoms with Crippen LogP contribution in [0.25, 0.3) is 49.3 Å². The topological polar surface area (TPSA) is 440 Å². The molecule has 7 aromatic heterocycles. The third-order valence-electron chi connectivity index (χ3n) is 13.3. The van der Waals surface area contributed by atoms with Gasteiger partial charge in [-0.25, -0.2) is 39.5 Å². The van der Waals surface area contributed by atoms with Crippen LogP contribution in [-0.4, -0.2) is 147 Å². The maximum atomic E-state index is 14.6. The summed E-state index contributed by atoms with van der Waals surface area (Å²) in [5.74, 6) is -10.6. The Morgan fingerprint density at radius 1 is 0.802 bits per heavy atom. The first-order chi connectivity index (χ1) is 41.2. The summed E-state index contributed by atoms with van der Waals surface area (Å²) < 4.78 is 23.9. The van der Waals surface area contributed by atoms with E-state index in [1.807, 2.05) is 0 Å². The van der Waals surface area contributed by atoms with Gasteiger partial charge < -0.3 is 66.5 Å². The van der Waals surface area contributed by atoms with Crippen LogP contribution in [0.5, 0.6) is 5.75 Å². The van der Waals surface area contributed by atoms with Gasteiger partial charge in [0.05, 0.1) is 25.3 Å². The molecule has 0 saturated carbocycles. The van der Waals surface area contributed by atoms with Crippen molar-refractivity contribution in [3.63, 3.8) is 0 Å². The number of thiazole rings is 5. The Morgan fingerprint density at radius 3 is 2.21 bits per heavy atom. The van der Waals surface area contributed by atoms with Gasteiger partial charge in [-0.2, -0.15) is 4.73 Å². The molecule has 1 aromatic carbocycles. The summed E-state index contributed by atoms with van der Waals surface area (Å²) in [5, 5.41) is 65.4. The molecule has 12 bridgehead atoms. The Kier molecular flexibility index (Phi) is 15.9. The number of benzene rings is 1. The van der Waals surface area contributed by atoms with Crippen LogP contribution >= 0.6 is 56.7 Å². The highest BCUT2D eigenvalue weighted by Gasteiger charge is 2.42. The lowest BCUT2D eigenvalue weighted by Crippen LogP contribution is -2.52. The zero-order valence-electron chi connectivity index (χ0n) is 44.1. The van der Waals surface area contributed by atoms with Gasteiger partial charge in [0.25, 0.3) is 23.6 Å². The molecule has 30 nitrogen and oxygen atoms in total. The van der Waals surface area contributed by atoms with Crippen LogP contribution in [0, 0.1) is 0 Å². The molecule has 0 radical (unpaired) electrons. The van der Waals surface area contributed by atoms with Crippen molar-refractivity contribution in [2.45, 2.75) is 63.5 Å². The summed E-state index contributed by atoms with van der Waals surface area (Å²) in [6.45, 7) is 0.889. The molecule has 8 aromatic rings. The van der Waals surface area contributed by atoms with E-state index in [1.165, 1.54) is 66.1 Å². The Bertz CT molecular complexity index is 4200. The molecule has 3 aliphatic rings. The molecule has 11 rings (SSSR count). The Labute approximate surface area is 500 Å². The SMILES string of the molecule is CO/C(C)=C1/NC(=O)[C@H]([C@@H](C)O)NC(=O)c2csc(n2)-c2cc(O)c(-c3nc(C(=O)NC(=O)C(N)=O)cs3)nc2-c2csc(n2)[C@@H]2COC(=O)c3c4c5c(cccc5n3O)COC(=O)[C@@H](O)[C@@H](OC4)[C@H](NC(=O)c3csc1n3)c1nc(cs1)C(=O)N2. The summed E-state index contributed by atoms with van der Waals surface area (Å²) in [7, 11) is 1.29. The van der Waals surface area contributed by atoms with E-state index in [0.29, 0.717) is 4.73 Å². The number of primary amides is 1. The number of carbonyl (C=O) groups is 9. The van der Waals surface area contributed by atoms with Crippen molar-refractivity contribution in [2.75, 3.05) is 13.7 Å². The summed E-state index contributed by atoms with van der Waals surface area (Å²) in [6.07, 6.45) is -5.59. The fraction of sp³-hybridized carbons (Fsp3) is 0.235. The number of carbonyl (C=O) groups excluding carboxylic acids is 9. The fourth-order valence-electron chi connectivity index (χ4n) is 9.04. The summed E-state index contributed by atoms with van der Waals surface area (Å²) in [4.78, 5) is 149. The molecule has 3 aliphatic heterocycles. The number of nitrogens with zero attached hydrogens (tertiary/aromatic N) is 7. The van der Waals surface area contributed by atoms with Crippen LogP contribution in [0.1, 0.15) is 105 Å². The summed E-state index contributed by atoms with van der Waals surface area (Å²) >= 11 is 4.28.